The zero-order valence-corrected chi connectivity index (χ0v) is 10.0. The molecule has 0 aliphatic rings. The van der Waals surface area contributed by atoms with Crippen molar-refractivity contribution < 1.29 is 4.79 Å². The van der Waals surface area contributed by atoms with Gasteiger partial charge in [-0.2, -0.15) is 0 Å². The van der Waals surface area contributed by atoms with Crippen LogP contribution in [-0.4, -0.2) is 14.7 Å². The molecule has 0 aliphatic carbocycles. The Kier molecular flexibility index (Phi) is 5.54. The predicted octanol–water partition coefficient (Wildman–Crippen LogP) is 1.47. The van der Waals surface area contributed by atoms with E-state index in [-0.39, 0.29) is 0 Å². The normalized spacial score (nSPS) is 12.8. The summed E-state index contributed by atoms with van der Waals surface area (Å²) >= 11 is 1.24. The minimum absolute atomic E-state index is 0.460. The van der Waals surface area contributed by atoms with E-state index in [1.807, 2.05) is 12.3 Å². The molecule has 0 atom stereocenters. The molecule has 0 fully saturated rings. The average Bonchev–Trinajstić information content (AvgIpc) is 1.87. The number of rotatable bonds is 1. The van der Waals surface area contributed by atoms with Gasteiger partial charge < -0.3 is 0 Å². The SMILES string of the molecule is CC(=NC(=O)NN)I(C)I. The van der Waals surface area contributed by atoms with E-state index in [0.29, 0.717) is 0 Å². The van der Waals surface area contributed by atoms with Crippen molar-refractivity contribution in [3.8, 4) is 0 Å². The second kappa shape index (κ2) is 5.24. The number of carbonyl (C=O) groups is 1. The first kappa shape index (κ1) is 10.6. The number of alkyl halides is 1. The van der Waals surface area contributed by atoms with E-state index in [2.05, 4.69) is 28.5 Å². The zero-order valence-electron chi connectivity index (χ0n) is 5.69. The first-order valence-electron chi connectivity index (χ1n) is 2.40. The second-order valence-electron chi connectivity index (χ2n) is 1.46. The fourth-order valence-electron chi connectivity index (χ4n) is 0.230. The Balaban J connectivity index is 4.03. The topological polar surface area (TPSA) is 67.5 Å². The van der Waals surface area contributed by atoms with Gasteiger partial charge in [-0.1, -0.05) is 0 Å². The van der Waals surface area contributed by atoms with Crippen LogP contribution in [0.25, 0.3) is 0 Å². The molecule has 10 heavy (non-hydrogen) atoms. The molecule has 0 bridgehead atoms. The number of hydrogen-bond acceptors (Lipinski definition) is 2. The van der Waals surface area contributed by atoms with E-state index in [0.717, 1.165) is 3.72 Å². The van der Waals surface area contributed by atoms with E-state index in [1.165, 1.54) is 0 Å². The standard InChI is InChI=1S/C4H9I2N3O/c1-3(6(2)5)8-4(10)9-7/h7H2,1-2H3,(H,9,10). The van der Waals surface area contributed by atoms with Crippen molar-refractivity contribution >= 4 is 44.2 Å². The Morgan fingerprint density at radius 1 is 1.80 bits per heavy atom. The van der Waals surface area contributed by atoms with Crippen LogP contribution < -0.4 is 11.3 Å². The quantitative estimate of drug-likeness (QED) is 0.184. The third-order valence-electron chi connectivity index (χ3n) is 0.756. The summed E-state index contributed by atoms with van der Waals surface area (Å²) in [6.45, 7) is 1.85. The summed E-state index contributed by atoms with van der Waals surface area (Å²) in [7, 11) is 0. The molecule has 0 aliphatic heterocycles. The Bertz CT molecular complexity index is 157. The third-order valence-corrected chi connectivity index (χ3v) is 7.11. The van der Waals surface area contributed by atoms with E-state index >= 15 is 0 Å². The van der Waals surface area contributed by atoms with E-state index in [1.54, 1.807) is 0 Å². The summed E-state index contributed by atoms with van der Waals surface area (Å²) in [6.07, 6.45) is 0. The number of amides is 2. The van der Waals surface area contributed by atoms with Gasteiger partial charge in [-0.15, -0.1) is 0 Å². The molecule has 0 aromatic carbocycles. The monoisotopic (exact) mass is 369 g/mol. The van der Waals surface area contributed by atoms with E-state index < -0.39 is 21.9 Å². The van der Waals surface area contributed by atoms with Gasteiger partial charge in [0.2, 0.25) is 0 Å². The second-order valence-corrected chi connectivity index (χ2v) is 13.5. The Labute approximate surface area is 76.6 Å². The van der Waals surface area contributed by atoms with Crippen molar-refractivity contribution in [1.82, 2.24) is 5.43 Å². The van der Waals surface area contributed by atoms with E-state index in [4.69, 9.17) is 5.84 Å². The molecule has 2 amide bonds. The molecule has 0 saturated carbocycles. The molecule has 4 nitrogen and oxygen atoms in total. The van der Waals surface area contributed by atoms with Gasteiger partial charge in [-0.25, -0.2) is 0 Å². The van der Waals surface area contributed by atoms with Crippen LogP contribution in [-0.2, 0) is 0 Å². The van der Waals surface area contributed by atoms with Crippen LogP contribution in [0.4, 0.5) is 4.79 Å². The molecule has 3 N–H and O–H groups in total. The van der Waals surface area contributed by atoms with Gasteiger partial charge in [0, 0.05) is 0 Å². The Hall–Kier alpha value is 0.560. The molecule has 0 rings (SSSR count). The van der Waals surface area contributed by atoms with Crippen LogP contribution in [0.15, 0.2) is 4.99 Å². The molecule has 0 aromatic rings. The number of nitrogens with zero attached hydrogens (tertiary/aromatic N) is 1. The number of urea groups is 1. The summed E-state index contributed by atoms with van der Waals surface area (Å²) < 4.78 is 0.924. The van der Waals surface area contributed by atoms with Crippen molar-refractivity contribution in [2.45, 2.75) is 6.92 Å². The predicted molar refractivity (Wildman–Crippen MR) is 59.8 cm³/mol. The number of aliphatic imine (C=N–C) groups is 1. The molecule has 0 spiro atoms. The summed E-state index contributed by atoms with van der Waals surface area (Å²) in [6, 6.07) is -0.460. The van der Waals surface area contributed by atoms with Gasteiger partial charge in [0.25, 0.3) is 0 Å². The van der Waals surface area contributed by atoms with Crippen LogP contribution in [0.1, 0.15) is 6.92 Å². The number of hydrazine groups is 1. The van der Waals surface area contributed by atoms with Gasteiger partial charge in [0.15, 0.2) is 0 Å². The number of carbonyl (C=O) groups excluding carboxylic acids is 1. The minimum atomic E-state index is -1.08. The van der Waals surface area contributed by atoms with Gasteiger partial charge in [0.05, 0.1) is 0 Å². The molecule has 0 saturated heterocycles. The van der Waals surface area contributed by atoms with Crippen molar-refractivity contribution in [2.24, 2.45) is 10.8 Å². The summed E-state index contributed by atoms with van der Waals surface area (Å²) in [5.41, 5.74) is 1.95. The van der Waals surface area contributed by atoms with Gasteiger partial charge in [-0.05, 0) is 0 Å². The molecule has 60 valence electrons. The third kappa shape index (κ3) is 4.39. The molecule has 0 unspecified atom stereocenters. The summed E-state index contributed by atoms with van der Waals surface area (Å²) in [5.74, 6) is 4.83. The van der Waals surface area contributed by atoms with Gasteiger partial charge in [0.1, 0.15) is 0 Å². The van der Waals surface area contributed by atoms with Crippen molar-refractivity contribution in [3.05, 3.63) is 0 Å². The maximum absolute atomic E-state index is 10.5. The summed E-state index contributed by atoms with van der Waals surface area (Å²) in [5, 5.41) is 0. The molecule has 6 heteroatoms. The molecule has 0 radical (unpaired) electrons. The first-order chi connectivity index (χ1) is 4.57. The maximum atomic E-state index is 10.5. The van der Waals surface area contributed by atoms with Gasteiger partial charge >= 0.3 is 77.1 Å². The Morgan fingerprint density at radius 2 is 2.30 bits per heavy atom. The molecular formula is C4H9I2N3O. The zero-order chi connectivity index (χ0) is 8.15. The van der Waals surface area contributed by atoms with Crippen LogP contribution in [0, 0.1) is 0 Å². The van der Waals surface area contributed by atoms with Crippen LogP contribution in [0.5, 0.6) is 0 Å². The Morgan fingerprint density at radius 3 is 2.60 bits per heavy atom. The number of nitrogens with two attached hydrogens (primary N) is 1. The van der Waals surface area contributed by atoms with Crippen molar-refractivity contribution in [3.63, 3.8) is 0 Å². The van der Waals surface area contributed by atoms with Crippen LogP contribution >= 0.6 is 34.5 Å². The van der Waals surface area contributed by atoms with Crippen molar-refractivity contribution in [2.75, 3.05) is 4.93 Å². The average molecular weight is 369 g/mol. The molecule has 0 aromatic heterocycles. The van der Waals surface area contributed by atoms with Crippen molar-refractivity contribution in [1.29, 1.82) is 0 Å². The first-order valence-corrected chi connectivity index (χ1v) is 11.9. The van der Waals surface area contributed by atoms with Gasteiger partial charge in [-0.3, -0.25) is 0 Å². The van der Waals surface area contributed by atoms with E-state index in [9.17, 15) is 4.79 Å². The number of nitrogens with one attached hydrogen (secondary N) is 1. The molecular weight excluding hydrogens is 360 g/mol. The number of hydrogen-bond donors (Lipinski definition) is 2. The molecule has 0 heterocycles. The summed E-state index contributed by atoms with van der Waals surface area (Å²) in [4.78, 5) is 16.3. The fraction of sp³-hybridized carbons (Fsp3) is 0.500. The van der Waals surface area contributed by atoms with Crippen LogP contribution in [0.3, 0.4) is 0 Å². The fourth-order valence-corrected chi connectivity index (χ4v) is 1.39. The van der Waals surface area contributed by atoms with Crippen LogP contribution in [0.2, 0.25) is 0 Å². The number of halogens is 2.